The van der Waals surface area contributed by atoms with Crippen LogP contribution in [0.25, 0.3) is 0 Å². The lowest BCUT2D eigenvalue weighted by atomic mass is 10.0. The van der Waals surface area contributed by atoms with E-state index in [1.165, 1.54) is 0 Å². The van der Waals surface area contributed by atoms with Crippen molar-refractivity contribution in [2.45, 2.75) is 38.0 Å². The van der Waals surface area contributed by atoms with E-state index < -0.39 is 6.10 Å². The molecule has 2 amide bonds. The molecule has 1 aromatic carbocycles. The molecule has 2 aromatic rings. The third-order valence-electron chi connectivity index (χ3n) is 4.34. The number of rotatable bonds is 5. The molecule has 1 aromatic heterocycles. The van der Waals surface area contributed by atoms with Crippen LogP contribution in [-0.4, -0.2) is 28.6 Å². The van der Waals surface area contributed by atoms with Crippen LogP contribution < -0.4 is 5.32 Å². The molecule has 5 heteroatoms. The van der Waals surface area contributed by atoms with Gasteiger partial charge in [-0.05, 0) is 47.2 Å². The smallest absolute Gasteiger partial charge is 0.317 e. The van der Waals surface area contributed by atoms with Gasteiger partial charge in [-0.25, -0.2) is 4.79 Å². The maximum atomic E-state index is 12.4. The van der Waals surface area contributed by atoms with Crippen LogP contribution in [0.3, 0.4) is 0 Å². The molecule has 0 bridgehead atoms. The molecule has 2 heterocycles. The second-order valence-corrected chi connectivity index (χ2v) is 6.72. The molecule has 0 saturated carbocycles. The molecular formula is C18H22N2O2S. The SMILES string of the molecule is O=C(NCc1ccsc1)N1CCCC1CC(O)c1ccccc1. The highest BCUT2D eigenvalue weighted by Gasteiger charge is 2.30. The van der Waals surface area contributed by atoms with E-state index in [4.69, 9.17) is 0 Å². The van der Waals surface area contributed by atoms with Crippen LogP contribution in [0, 0.1) is 0 Å². The van der Waals surface area contributed by atoms with Crippen LogP contribution in [0.4, 0.5) is 4.79 Å². The summed E-state index contributed by atoms with van der Waals surface area (Å²) in [5.41, 5.74) is 2.04. The van der Waals surface area contributed by atoms with Gasteiger partial charge in [-0.2, -0.15) is 11.3 Å². The van der Waals surface area contributed by atoms with Gasteiger partial charge < -0.3 is 15.3 Å². The van der Waals surface area contributed by atoms with Gasteiger partial charge in [-0.1, -0.05) is 30.3 Å². The Bertz CT molecular complexity index is 615. The Labute approximate surface area is 140 Å². The minimum absolute atomic E-state index is 0.0287. The standard InChI is InChI=1S/C18H22N2O2S/c21-17(15-5-2-1-3-6-15)11-16-7-4-9-20(16)18(22)19-12-14-8-10-23-13-14/h1-3,5-6,8,10,13,16-17,21H,4,7,9,11-12H2,(H,19,22). The lowest BCUT2D eigenvalue weighted by Crippen LogP contribution is -2.43. The predicted molar refractivity (Wildman–Crippen MR) is 92.3 cm³/mol. The predicted octanol–water partition coefficient (Wildman–Crippen LogP) is 3.55. The Morgan fingerprint density at radius 3 is 2.91 bits per heavy atom. The Balaban J connectivity index is 1.55. The van der Waals surface area contributed by atoms with Crippen LogP contribution in [0.2, 0.25) is 0 Å². The number of amides is 2. The third kappa shape index (κ3) is 4.12. The van der Waals surface area contributed by atoms with Crippen LogP contribution in [-0.2, 0) is 6.54 Å². The molecular weight excluding hydrogens is 308 g/mol. The van der Waals surface area contributed by atoms with Crippen LogP contribution in [0.1, 0.15) is 36.5 Å². The van der Waals surface area contributed by atoms with Crippen LogP contribution in [0.5, 0.6) is 0 Å². The summed E-state index contributed by atoms with van der Waals surface area (Å²) < 4.78 is 0. The number of benzene rings is 1. The highest BCUT2D eigenvalue weighted by atomic mass is 32.1. The lowest BCUT2D eigenvalue weighted by Gasteiger charge is -2.27. The first-order chi connectivity index (χ1) is 11.2. The number of carbonyl (C=O) groups is 1. The quantitative estimate of drug-likeness (QED) is 0.881. The molecule has 23 heavy (non-hydrogen) atoms. The number of nitrogens with zero attached hydrogens (tertiary/aromatic N) is 1. The summed E-state index contributed by atoms with van der Waals surface area (Å²) in [5.74, 6) is 0. The van der Waals surface area contributed by atoms with Gasteiger partial charge in [-0.15, -0.1) is 0 Å². The zero-order chi connectivity index (χ0) is 16.1. The molecule has 0 radical (unpaired) electrons. The molecule has 2 atom stereocenters. The minimum atomic E-state index is -0.522. The maximum Gasteiger partial charge on any atom is 0.317 e. The van der Waals surface area contributed by atoms with Crippen LogP contribution in [0.15, 0.2) is 47.2 Å². The van der Waals surface area contributed by atoms with Crippen molar-refractivity contribution in [1.82, 2.24) is 10.2 Å². The average molecular weight is 330 g/mol. The van der Waals surface area contributed by atoms with Crippen molar-refractivity contribution in [3.05, 3.63) is 58.3 Å². The maximum absolute atomic E-state index is 12.4. The average Bonchev–Trinajstić information content (AvgIpc) is 3.25. The number of nitrogens with one attached hydrogen (secondary N) is 1. The number of hydrogen-bond acceptors (Lipinski definition) is 3. The second-order valence-electron chi connectivity index (χ2n) is 5.94. The number of urea groups is 1. The van der Waals surface area contributed by atoms with E-state index in [0.29, 0.717) is 13.0 Å². The van der Waals surface area contributed by atoms with Gasteiger partial charge in [0.05, 0.1) is 6.10 Å². The number of thiophene rings is 1. The van der Waals surface area contributed by atoms with Crippen molar-refractivity contribution >= 4 is 17.4 Å². The highest BCUT2D eigenvalue weighted by molar-refractivity contribution is 7.07. The molecule has 1 fully saturated rings. The Morgan fingerprint density at radius 2 is 2.17 bits per heavy atom. The monoisotopic (exact) mass is 330 g/mol. The number of aliphatic hydroxyl groups excluding tert-OH is 1. The van der Waals surface area contributed by atoms with Crippen molar-refractivity contribution in [3.8, 4) is 0 Å². The molecule has 4 nitrogen and oxygen atoms in total. The summed E-state index contributed by atoms with van der Waals surface area (Å²) in [5, 5.41) is 17.4. The van der Waals surface area contributed by atoms with Crippen molar-refractivity contribution in [3.63, 3.8) is 0 Å². The molecule has 1 aliphatic rings. The molecule has 2 N–H and O–H groups in total. The largest absolute Gasteiger partial charge is 0.388 e. The van der Waals surface area contributed by atoms with E-state index in [1.807, 2.05) is 52.1 Å². The first-order valence-electron chi connectivity index (χ1n) is 8.02. The lowest BCUT2D eigenvalue weighted by molar-refractivity contribution is 0.126. The van der Waals surface area contributed by atoms with Crippen molar-refractivity contribution in [2.24, 2.45) is 0 Å². The number of likely N-dealkylation sites (tertiary alicyclic amines) is 1. The van der Waals surface area contributed by atoms with Gasteiger partial charge >= 0.3 is 6.03 Å². The van der Waals surface area contributed by atoms with Gasteiger partial charge in [0.1, 0.15) is 0 Å². The Kier molecular flexibility index (Phi) is 5.31. The third-order valence-corrected chi connectivity index (χ3v) is 5.07. The molecule has 0 aliphatic carbocycles. The summed E-state index contributed by atoms with van der Waals surface area (Å²) in [6, 6.07) is 11.8. The Hall–Kier alpha value is -1.85. The fourth-order valence-electron chi connectivity index (χ4n) is 3.09. The van der Waals surface area contributed by atoms with E-state index in [9.17, 15) is 9.90 Å². The first-order valence-corrected chi connectivity index (χ1v) is 8.97. The van der Waals surface area contributed by atoms with E-state index in [-0.39, 0.29) is 12.1 Å². The zero-order valence-corrected chi connectivity index (χ0v) is 13.8. The summed E-state index contributed by atoms with van der Waals surface area (Å²) in [6.45, 7) is 1.33. The summed E-state index contributed by atoms with van der Waals surface area (Å²) in [7, 11) is 0. The van der Waals surface area contributed by atoms with Crippen molar-refractivity contribution in [1.29, 1.82) is 0 Å². The second kappa shape index (κ2) is 7.62. The topological polar surface area (TPSA) is 52.6 Å². The van der Waals surface area contributed by atoms with E-state index in [1.54, 1.807) is 11.3 Å². The summed E-state index contributed by atoms with van der Waals surface area (Å²) >= 11 is 1.63. The van der Waals surface area contributed by atoms with E-state index in [2.05, 4.69) is 5.32 Å². The molecule has 0 spiro atoms. The van der Waals surface area contributed by atoms with Crippen LogP contribution >= 0.6 is 11.3 Å². The molecule has 2 unspecified atom stereocenters. The first kappa shape index (κ1) is 16.0. The normalized spacial score (nSPS) is 18.8. The Morgan fingerprint density at radius 1 is 1.35 bits per heavy atom. The van der Waals surface area contributed by atoms with Gasteiger partial charge in [-0.3, -0.25) is 0 Å². The van der Waals surface area contributed by atoms with E-state index >= 15 is 0 Å². The minimum Gasteiger partial charge on any atom is -0.388 e. The molecule has 3 rings (SSSR count). The van der Waals surface area contributed by atoms with E-state index in [0.717, 1.165) is 30.5 Å². The van der Waals surface area contributed by atoms with Gasteiger partial charge in [0.25, 0.3) is 0 Å². The van der Waals surface area contributed by atoms with Crippen molar-refractivity contribution < 1.29 is 9.90 Å². The fourth-order valence-corrected chi connectivity index (χ4v) is 3.76. The van der Waals surface area contributed by atoms with Crippen molar-refractivity contribution in [2.75, 3.05) is 6.54 Å². The molecule has 1 aliphatic heterocycles. The zero-order valence-electron chi connectivity index (χ0n) is 13.0. The number of hydrogen-bond donors (Lipinski definition) is 2. The molecule has 1 saturated heterocycles. The summed E-state index contributed by atoms with van der Waals surface area (Å²) in [6.07, 6.45) is 2.02. The van der Waals surface area contributed by atoms with Gasteiger partial charge in [0.2, 0.25) is 0 Å². The molecule has 122 valence electrons. The number of aliphatic hydroxyl groups is 1. The summed E-state index contributed by atoms with van der Waals surface area (Å²) in [4.78, 5) is 14.3. The fraction of sp³-hybridized carbons (Fsp3) is 0.389. The highest BCUT2D eigenvalue weighted by Crippen LogP contribution is 2.27. The van der Waals surface area contributed by atoms with Gasteiger partial charge in [0.15, 0.2) is 0 Å². The number of carbonyl (C=O) groups excluding carboxylic acids is 1. The van der Waals surface area contributed by atoms with Gasteiger partial charge in [0, 0.05) is 19.1 Å².